The molecule has 0 heterocycles. The van der Waals surface area contributed by atoms with Crippen LogP contribution < -0.4 is 0 Å². The Hall–Kier alpha value is -0.690. The van der Waals surface area contributed by atoms with Crippen LogP contribution in [0.5, 0.6) is 5.75 Å². The fourth-order valence-electron chi connectivity index (χ4n) is 0.754. The Morgan fingerprint density at radius 3 is 2.30 bits per heavy atom. The Morgan fingerprint density at radius 2 is 1.80 bits per heavy atom. The second-order valence-corrected chi connectivity index (χ2v) is 2.77. The summed E-state index contributed by atoms with van der Waals surface area (Å²) in [7, 11) is 0. The highest BCUT2D eigenvalue weighted by Gasteiger charge is 2.01. The zero-order valence-electron chi connectivity index (χ0n) is 5.94. The fourth-order valence-corrected chi connectivity index (χ4v) is 0.973. The Balaban J connectivity index is 3.28. The molecule has 0 fully saturated rings. The molecular formula is C8H8ClO. The molecule has 1 radical (unpaired) electrons. The number of benzene rings is 1. The lowest BCUT2D eigenvalue weighted by Crippen LogP contribution is -1.77. The van der Waals surface area contributed by atoms with Gasteiger partial charge in [0.2, 0.25) is 0 Å². The van der Waals surface area contributed by atoms with Gasteiger partial charge in [-0.25, -0.2) is 0 Å². The van der Waals surface area contributed by atoms with Crippen molar-refractivity contribution in [2.45, 2.75) is 13.8 Å². The number of aryl methyl sites for hydroxylation is 2. The summed E-state index contributed by atoms with van der Waals surface area (Å²) in [5.74, 6) is 0.0573. The van der Waals surface area contributed by atoms with Crippen molar-refractivity contribution in [1.82, 2.24) is 0 Å². The molecule has 0 N–H and O–H groups in total. The first-order valence-corrected chi connectivity index (χ1v) is 3.43. The van der Waals surface area contributed by atoms with Gasteiger partial charge < -0.3 is 0 Å². The number of halogens is 1. The molecule has 1 aromatic rings. The molecule has 0 aromatic heterocycles. The molecule has 1 aromatic carbocycles. The van der Waals surface area contributed by atoms with E-state index in [4.69, 9.17) is 11.6 Å². The molecule has 1 nitrogen and oxygen atoms in total. The smallest absolute Gasteiger partial charge is 0.181 e. The van der Waals surface area contributed by atoms with Gasteiger partial charge in [0.1, 0.15) is 0 Å². The Labute approximate surface area is 65.3 Å². The van der Waals surface area contributed by atoms with Crippen LogP contribution in [0.15, 0.2) is 12.1 Å². The molecule has 0 saturated carbocycles. The lowest BCUT2D eigenvalue weighted by Gasteiger charge is -1.98. The maximum absolute atomic E-state index is 10.9. The van der Waals surface area contributed by atoms with Crippen LogP contribution in [0.4, 0.5) is 0 Å². The highest BCUT2D eigenvalue weighted by atomic mass is 35.5. The van der Waals surface area contributed by atoms with E-state index in [9.17, 15) is 5.11 Å². The summed E-state index contributed by atoms with van der Waals surface area (Å²) in [4.78, 5) is 0. The van der Waals surface area contributed by atoms with Gasteiger partial charge in [-0.05, 0) is 37.1 Å². The largest absolute Gasteiger partial charge is 0.290 e. The molecular weight excluding hydrogens is 148 g/mol. The van der Waals surface area contributed by atoms with Crippen molar-refractivity contribution < 1.29 is 5.11 Å². The number of hydrogen-bond donors (Lipinski definition) is 0. The summed E-state index contributed by atoms with van der Waals surface area (Å²) >= 11 is 5.75. The van der Waals surface area contributed by atoms with E-state index in [0.29, 0.717) is 10.6 Å². The average Bonchev–Trinajstić information content (AvgIpc) is 1.84. The van der Waals surface area contributed by atoms with Crippen LogP contribution in [0.3, 0.4) is 0 Å². The Bertz CT molecular complexity index is 205. The SMILES string of the molecule is Cc1cc(Cl)c(C)cc1[O]. The van der Waals surface area contributed by atoms with Crippen LogP contribution in [-0.4, -0.2) is 0 Å². The van der Waals surface area contributed by atoms with Gasteiger partial charge in [0.25, 0.3) is 0 Å². The van der Waals surface area contributed by atoms with Crippen molar-refractivity contribution in [2.24, 2.45) is 0 Å². The molecule has 2 heteroatoms. The second kappa shape index (κ2) is 2.51. The van der Waals surface area contributed by atoms with Gasteiger partial charge in [-0.3, -0.25) is 5.11 Å². The van der Waals surface area contributed by atoms with Crippen molar-refractivity contribution >= 4 is 11.6 Å². The van der Waals surface area contributed by atoms with E-state index in [1.165, 1.54) is 0 Å². The molecule has 0 aliphatic rings. The highest BCUT2D eigenvalue weighted by molar-refractivity contribution is 6.31. The zero-order valence-corrected chi connectivity index (χ0v) is 6.70. The fraction of sp³-hybridized carbons (Fsp3) is 0.250. The van der Waals surface area contributed by atoms with Crippen LogP contribution in [0.1, 0.15) is 11.1 Å². The van der Waals surface area contributed by atoms with Crippen LogP contribution in [0.2, 0.25) is 5.02 Å². The van der Waals surface area contributed by atoms with Gasteiger partial charge in [0.05, 0.1) is 0 Å². The van der Waals surface area contributed by atoms with E-state index in [1.807, 2.05) is 6.92 Å². The second-order valence-electron chi connectivity index (χ2n) is 2.37. The standard InChI is InChI=1S/C8H8ClO/c1-5-4-8(10)6(2)3-7(5)9/h3-4H,1-2H3. The van der Waals surface area contributed by atoms with Gasteiger partial charge in [-0.15, -0.1) is 0 Å². The van der Waals surface area contributed by atoms with Crippen molar-refractivity contribution in [1.29, 1.82) is 0 Å². The third-order valence-electron chi connectivity index (χ3n) is 1.46. The van der Waals surface area contributed by atoms with E-state index >= 15 is 0 Å². The normalized spacial score (nSPS) is 9.90. The quantitative estimate of drug-likeness (QED) is 0.549. The summed E-state index contributed by atoms with van der Waals surface area (Å²) in [5.41, 5.74) is 1.55. The molecule has 0 spiro atoms. The van der Waals surface area contributed by atoms with Crippen molar-refractivity contribution in [3.05, 3.63) is 28.3 Å². The summed E-state index contributed by atoms with van der Waals surface area (Å²) in [6.45, 7) is 3.58. The van der Waals surface area contributed by atoms with Gasteiger partial charge >= 0.3 is 0 Å². The minimum absolute atomic E-state index is 0.0573. The topological polar surface area (TPSA) is 19.9 Å². The average molecular weight is 156 g/mol. The minimum atomic E-state index is 0.0573. The predicted octanol–water partition coefficient (Wildman–Crippen LogP) is 3.10. The Morgan fingerprint density at radius 1 is 1.20 bits per heavy atom. The van der Waals surface area contributed by atoms with Crippen LogP contribution in [-0.2, 0) is 5.11 Å². The van der Waals surface area contributed by atoms with E-state index in [1.54, 1.807) is 19.1 Å². The first-order chi connectivity index (χ1) is 4.61. The lowest BCUT2D eigenvalue weighted by molar-refractivity contribution is 0.351. The molecule has 53 valence electrons. The maximum Gasteiger partial charge on any atom is 0.181 e. The molecule has 0 saturated heterocycles. The van der Waals surface area contributed by atoms with E-state index in [-0.39, 0.29) is 5.75 Å². The molecule has 10 heavy (non-hydrogen) atoms. The third kappa shape index (κ3) is 1.24. The third-order valence-corrected chi connectivity index (χ3v) is 1.86. The zero-order chi connectivity index (χ0) is 7.72. The Kier molecular flexibility index (Phi) is 1.86. The summed E-state index contributed by atoms with van der Waals surface area (Å²) in [5, 5.41) is 11.6. The maximum atomic E-state index is 10.9. The molecule has 1 rings (SSSR count). The van der Waals surface area contributed by atoms with Crippen molar-refractivity contribution in [3.63, 3.8) is 0 Å². The molecule has 0 aliphatic carbocycles. The predicted molar refractivity (Wildman–Crippen MR) is 41.1 cm³/mol. The van der Waals surface area contributed by atoms with Crippen LogP contribution in [0.25, 0.3) is 0 Å². The lowest BCUT2D eigenvalue weighted by atomic mass is 10.1. The number of hydrogen-bond acceptors (Lipinski definition) is 0. The van der Waals surface area contributed by atoms with E-state index in [2.05, 4.69) is 0 Å². The molecule has 0 amide bonds. The van der Waals surface area contributed by atoms with Gasteiger partial charge in [0, 0.05) is 5.02 Å². The minimum Gasteiger partial charge on any atom is -0.290 e. The van der Waals surface area contributed by atoms with Gasteiger partial charge in [-0.1, -0.05) is 11.6 Å². The van der Waals surface area contributed by atoms with Gasteiger partial charge in [-0.2, -0.15) is 0 Å². The van der Waals surface area contributed by atoms with E-state index < -0.39 is 0 Å². The summed E-state index contributed by atoms with van der Waals surface area (Å²) in [6, 6.07) is 3.25. The molecule has 0 bridgehead atoms. The molecule has 0 atom stereocenters. The van der Waals surface area contributed by atoms with Gasteiger partial charge in [0.15, 0.2) is 5.75 Å². The monoisotopic (exact) mass is 155 g/mol. The van der Waals surface area contributed by atoms with Crippen LogP contribution in [0, 0.1) is 13.8 Å². The van der Waals surface area contributed by atoms with Crippen molar-refractivity contribution in [3.8, 4) is 5.75 Å². The number of rotatable bonds is 0. The highest BCUT2D eigenvalue weighted by Crippen LogP contribution is 2.24. The first-order valence-electron chi connectivity index (χ1n) is 3.05. The molecule has 0 unspecified atom stereocenters. The van der Waals surface area contributed by atoms with E-state index in [0.717, 1.165) is 5.56 Å². The molecule has 0 aliphatic heterocycles. The summed E-state index contributed by atoms with van der Waals surface area (Å²) < 4.78 is 0. The first kappa shape index (κ1) is 7.42. The van der Waals surface area contributed by atoms with Crippen LogP contribution >= 0.6 is 11.6 Å². The summed E-state index contributed by atoms with van der Waals surface area (Å²) in [6.07, 6.45) is 0. The van der Waals surface area contributed by atoms with Crippen molar-refractivity contribution in [2.75, 3.05) is 0 Å².